The molecular weight excluding hydrogens is 164 g/mol. The minimum Gasteiger partial charge on any atom is -0.355 e. The number of nitrogens with zero attached hydrogens (tertiary/aromatic N) is 1. The van der Waals surface area contributed by atoms with Crippen LogP contribution in [0.3, 0.4) is 0 Å². The summed E-state index contributed by atoms with van der Waals surface area (Å²) in [7, 11) is 4.00. The van der Waals surface area contributed by atoms with E-state index in [9.17, 15) is 4.79 Å². The van der Waals surface area contributed by atoms with Crippen LogP contribution in [0.25, 0.3) is 0 Å². The molecular formula is C10H22N2O. The van der Waals surface area contributed by atoms with Crippen LogP contribution < -0.4 is 5.32 Å². The minimum absolute atomic E-state index is 0.159. The fourth-order valence-corrected chi connectivity index (χ4v) is 1.14. The summed E-state index contributed by atoms with van der Waals surface area (Å²) in [6.07, 6.45) is 2.05. The Morgan fingerprint density at radius 2 is 2.08 bits per heavy atom. The van der Waals surface area contributed by atoms with Crippen molar-refractivity contribution in [3.8, 4) is 0 Å². The number of amides is 1. The molecule has 0 aromatic heterocycles. The molecule has 13 heavy (non-hydrogen) atoms. The molecule has 0 saturated carbocycles. The van der Waals surface area contributed by atoms with Crippen LogP contribution in [0.4, 0.5) is 0 Å². The highest BCUT2D eigenvalue weighted by atomic mass is 16.1. The van der Waals surface area contributed by atoms with Crippen LogP contribution >= 0.6 is 0 Å². The van der Waals surface area contributed by atoms with Gasteiger partial charge in [-0.3, -0.25) is 4.79 Å². The predicted molar refractivity (Wildman–Crippen MR) is 55.6 cm³/mol. The molecule has 78 valence electrons. The van der Waals surface area contributed by atoms with Gasteiger partial charge in [0.05, 0.1) is 0 Å². The third-order valence-corrected chi connectivity index (χ3v) is 2.03. The topological polar surface area (TPSA) is 32.3 Å². The van der Waals surface area contributed by atoms with Gasteiger partial charge in [0.15, 0.2) is 0 Å². The van der Waals surface area contributed by atoms with Gasteiger partial charge in [-0.15, -0.1) is 0 Å². The van der Waals surface area contributed by atoms with Gasteiger partial charge in [-0.2, -0.15) is 0 Å². The molecule has 0 aromatic rings. The summed E-state index contributed by atoms with van der Waals surface area (Å²) in [5, 5.41) is 2.92. The quantitative estimate of drug-likeness (QED) is 0.673. The smallest absolute Gasteiger partial charge is 0.222 e. The standard InChI is InChI=1S/C10H22N2O/c1-5-6-9(2)10(13)11-7-8-12(3)4/h9H,5-8H2,1-4H3,(H,11,13). The van der Waals surface area contributed by atoms with Crippen molar-refractivity contribution in [1.82, 2.24) is 10.2 Å². The Morgan fingerprint density at radius 3 is 2.54 bits per heavy atom. The second-order valence-electron chi connectivity index (χ2n) is 3.78. The molecule has 0 radical (unpaired) electrons. The van der Waals surface area contributed by atoms with Crippen molar-refractivity contribution in [2.75, 3.05) is 27.2 Å². The molecule has 0 bridgehead atoms. The van der Waals surface area contributed by atoms with E-state index in [0.29, 0.717) is 0 Å². The lowest BCUT2D eigenvalue weighted by molar-refractivity contribution is -0.124. The van der Waals surface area contributed by atoms with E-state index in [1.807, 2.05) is 21.0 Å². The molecule has 3 heteroatoms. The van der Waals surface area contributed by atoms with Crippen LogP contribution in [-0.2, 0) is 4.79 Å². The average molecular weight is 186 g/mol. The fourth-order valence-electron chi connectivity index (χ4n) is 1.14. The zero-order valence-electron chi connectivity index (χ0n) is 9.26. The third kappa shape index (κ3) is 6.58. The number of likely N-dealkylation sites (N-methyl/N-ethyl adjacent to an activating group) is 1. The highest BCUT2D eigenvalue weighted by Gasteiger charge is 2.10. The molecule has 0 spiro atoms. The summed E-state index contributed by atoms with van der Waals surface area (Å²) in [6.45, 7) is 5.74. The highest BCUT2D eigenvalue weighted by molar-refractivity contribution is 5.78. The Bertz CT molecular complexity index is 146. The normalized spacial score (nSPS) is 13.0. The summed E-state index contributed by atoms with van der Waals surface area (Å²) in [6, 6.07) is 0. The van der Waals surface area contributed by atoms with Crippen LogP contribution in [0.15, 0.2) is 0 Å². The van der Waals surface area contributed by atoms with Gasteiger partial charge in [-0.1, -0.05) is 20.3 Å². The van der Waals surface area contributed by atoms with Gasteiger partial charge in [-0.25, -0.2) is 0 Å². The lowest BCUT2D eigenvalue weighted by Gasteiger charge is -2.13. The monoisotopic (exact) mass is 186 g/mol. The van der Waals surface area contributed by atoms with E-state index in [0.717, 1.165) is 25.9 Å². The molecule has 1 amide bonds. The number of hydrogen-bond acceptors (Lipinski definition) is 2. The Kier molecular flexibility index (Phi) is 6.59. The number of rotatable bonds is 6. The first-order valence-electron chi connectivity index (χ1n) is 5.00. The fraction of sp³-hybridized carbons (Fsp3) is 0.900. The second kappa shape index (κ2) is 6.89. The minimum atomic E-state index is 0.159. The van der Waals surface area contributed by atoms with Crippen molar-refractivity contribution in [3.63, 3.8) is 0 Å². The van der Waals surface area contributed by atoms with Crippen molar-refractivity contribution in [2.45, 2.75) is 26.7 Å². The molecule has 1 atom stereocenters. The number of carbonyl (C=O) groups is 1. The molecule has 1 unspecified atom stereocenters. The molecule has 0 aliphatic carbocycles. The van der Waals surface area contributed by atoms with Crippen LogP contribution in [0.5, 0.6) is 0 Å². The van der Waals surface area contributed by atoms with E-state index in [1.54, 1.807) is 0 Å². The number of hydrogen-bond donors (Lipinski definition) is 1. The van der Waals surface area contributed by atoms with Crippen LogP contribution in [0.2, 0.25) is 0 Å². The first-order chi connectivity index (χ1) is 6.07. The number of carbonyl (C=O) groups excluding carboxylic acids is 1. The van der Waals surface area contributed by atoms with Crippen molar-refractivity contribution in [1.29, 1.82) is 0 Å². The maximum absolute atomic E-state index is 11.4. The van der Waals surface area contributed by atoms with Crippen LogP contribution in [-0.4, -0.2) is 38.0 Å². The summed E-state index contributed by atoms with van der Waals surface area (Å²) in [5.41, 5.74) is 0. The molecule has 0 saturated heterocycles. The van der Waals surface area contributed by atoms with Gasteiger partial charge < -0.3 is 10.2 Å². The van der Waals surface area contributed by atoms with Gasteiger partial charge in [0.25, 0.3) is 0 Å². The molecule has 3 nitrogen and oxygen atoms in total. The zero-order valence-corrected chi connectivity index (χ0v) is 9.26. The van der Waals surface area contributed by atoms with Crippen LogP contribution in [0.1, 0.15) is 26.7 Å². The molecule has 0 fully saturated rings. The van der Waals surface area contributed by atoms with Gasteiger partial charge >= 0.3 is 0 Å². The van der Waals surface area contributed by atoms with E-state index in [4.69, 9.17) is 0 Å². The largest absolute Gasteiger partial charge is 0.355 e. The van der Waals surface area contributed by atoms with Gasteiger partial charge in [-0.05, 0) is 20.5 Å². The maximum Gasteiger partial charge on any atom is 0.222 e. The van der Waals surface area contributed by atoms with Crippen molar-refractivity contribution in [2.24, 2.45) is 5.92 Å². The Labute approximate surface area is 81.5 Å². The van der Waals surface area contributed by atoms with Gasteiger partial charge in [0.2, 0.25) is 5.91 Å². The third-order valence-electron chi connectivity index (χ3n) is 2.03. The van der Waals surface area contributed by atoms with Crippen LogP contribution in [0, 0.1) is 5.92 Å². The lowest BCUT2D eigenvalue weighted by atomic mass is 10.1. The Hall–Kier alpha value is -0.570. The highest BCUT2D eigenvalue weighted by Crippen LogP contribution is 2.03. The van der Waals surface area contributed by atoms with Gasteiger partial charge in [0.1, 0.15) is 0 Å². The molecule has 0 aromatic carbocycles. The molecule has 0 rings (SSSR count). The summed E-state index contributed by atoms with van der Waals surface area (Å²) in [4.78, 5) is 13.4. The van der Waals surface area contributed by atoms with Crippen molar-refractivity contribution >= 4 is 5.91 Å². The second-order valence-corrected chi connectivity index (χ2v) is 3.78. The Morgan fingerprint density at radius 1 is 1.46 bits per heavy atom. The average Bonchev–Trinajstić information content (AvgIpc) is 2.04. The summed E-state index contributed by atoms with van der Waals surface area (Å²) < 4.78 is 0. The van der Waals surface area contributed by atoms with E-state index in [2.05, 4.69) is 17.1 Å². The van der Waals surface area contributed by atoms with E-state index in [1.165, 1.54) is 0 Å². The molecule has 0 heterocycles. The SMILES string of the molecule is CCCC(C)C(=O)NCCN(C)C. The lowest BCUT2D eigenvalue weighted by Crippen LogP contribution is -2.34. The number of nitrogens with one attached hydrogen (secondary N) is 1. The summed E-state index contributed by atoms with van der Waals surface area (Å²) in [5.74, 6) is 0.343. The molecule has 0 aliphatic rings. The van der Waals surface area contributed by atoms with Crippen molar-refractivity contribution < 1.29 is 4.79 Å². The maximum atomic E-state index is 11.4. The summed E-state index contributed by atoms with van der Waals surface area (Å²) >= 11 is 0. The molecule has 0 aliphatic heterocycles. The first kappa shape index (κ1) is 12.4. The first-order valence-corrected chi connectivity index (χ1v) is 5.00. The van der Waals surface area contributed by atoms with Gasteiger partial charge in [0, 0.05) is 19.0 Å². The Balaban J connectivity index is 3.50. The molecule has 1 N–H and O–H groups in total. The van der Waals surface area contributed by atoms with E-state index < -0.39 is 0 Å². The van der Waals surface area contributed by atoms with E-state index in [-0.39, 0.29) is 11.8 Å². The van der Waals surface area contributed by atoms with Crippen molar-refractivity contribution in [3.05, 3.63) is 0 Å². The zero-order chi connectivity index (χ0) is 10.3. The van der Waals surface area contributed by atoms with E-state index >= 15 is 0 Å². The predicted octanol–water partition coefficient (Wildman–Crippen LogP) is 1.10.